The van der Waals surface area contributed by atoms with Gasteiger partial charge in [-0.1, -0.05) is 42.5 Å². The van der Waals surface area contributed by atoms with Crippen LogP contribution in [0.5, 0.6) is 0 Å². The highest BCUT2D eigenvalue weighted by atomic mass is 19.4. The van der Waals surface area contributed by atoms with Crippen molar-refractivity contribution in [1.82, 2.24) is 19.7 Å². The third kappa shape index (κ3) is 4.58. The zero-order valence-corrected chi connectivity index (χ0v) is 20.6. The van der Waals surface area contributed by atoms with Crippen molar-refractivity contribution in [3.8, 4) is 11.3 Å². The number of carbonyl (C=O) groups is 3. The van der Waals surface area contributed by atoms with Gasteiger partial charge in [-0.25, -0.2) is 9.59 Å². The molecule has 1 N–H and O–H groups in total. The molecule has 3 fully saturated rings. The largest absolute Gasteiger partial charge is 0.416 e. The zero-order chi connectivity index (χ0) is 27.3. The Morgan fingerprint density at radius 1 is 0.974 bits per heavy atom. The molecule has 3 aliphatic rings. The lowest BCUT2D eigenvalue weighted by Gasteiger charge is -2.35. The minimum atomic E-state index is -4.52. The number of hydrogen-bond donors (Lipinski definition) is 1. The number of fused-ring (bicyclic) bond motifs is 1. The fourth-order valence-corrected chi connectivity index (χ4v) is 5.40. The highest BCUT2D eigenvalue weighted by Gasteiger charge is 2.56. The summed E-state index contributed by atoms with van der Waals surface area (Å²) in [6.45, 7) is 0.436. The van der Waals surface area contributed by atoms with Crippen molar-refractivity contribution in [3.05, 3.63) is 84.1 Å². The number of aromatic nitrogens is 1. The number of amides is 5. The molecular formula is C28H24F3N5O3. The number of alkyl halides is 3. The molecule has 11 heteroatoms. The van der Waals surface area contributed by atoms with E-state index in [1.807, 2.05) is 30.3 Å². The third-order valence-corrected chi connectivity index (χ3v) is 7.47. The van der Waals surface area contributed by atoms with Crippen LogP contribution in [0.3, 0.4) is 0 Å². The van der Waals surface area contributed by atoms with Crippen LogP contribution in [-0.2, 0) is 11.0 Å². The van der Waals surface area contributed by atoms with Gasteiger partial charge in [0.25, 0.3) is 5.91 Å². The van der Waals surface area contributed by atoms with Crippen LogP contribution in [0.15, 0.2) is 72.9 Å². The summed E-state index contributed by atoms with van der Waals surface area (Å²) in [5.41, 5.74) is 0.897. The Bertz CT molecular complexity index is 1450. The average molecular weight is 536 g/mol. The van der Waals surface area contributed by atoms with Crippen molar-refractivity contribution < 1.29 is 27.6 Å². The van der Waals surface area contributed by atoms with E-state index in [2.05, 4.69) is 10.3 Å². The van der Waals surface area contributed by atoms with Crippen LogP contribution in [-0.4, -0.2) is 69.4 Å². The first kappa shape index (κ1) is 24.9. The van der Waals surface area contributed by atoms with Gasteiger partial charge in [0.05, 0.1) is 23.5 Å². The predicted molar refractivity (Wildman–Crippen MR) is 136 cm³/mol. The van der Waals surface area contributed by atoms with Gasteiger partial charge in [0.15, 0.2) is 0 Å². The Balaban J connectivity index is 1.16. The molecule has 6 rings (SSSR count). The maximum Gasteiger partial charge on any atom is 0.416 e. The monoisotopic (exact) mass is 535 g/mol. The van der Waals surface area contributed by atoms with Crippen molar-refractivity contribution in [2.45, 2.75) is 30.6 Å². The Labute approximate surface area is 222 Å². The molecule has 39 heavy (non-hydrogen) atoms. The second-order valence-electron chi connectivity index (χ2n) is 9.87. The summed E-state index contributed by atoms with van der Waals surface area (Å²) in [4.78, 5) is 48.1. The summed E-state index contributed by atoms with van der Waals surface area (Å²) in [6.07, 6.45) is -2.37. The standard InChI is InChI=1S/C28H24F3N5O3/c29-28(30,31)19-9-4-8-18(14-19)24-21(10-5-11-32-24)33-26(38)34-12-13-35-23(16-34)25(37)36(27(35)39)22-15-20(22)17-6-2-1-3-7-17/h1-11,14,20,22-23H,12-13,15-16H2,(H,33,38)/t20-,22+,23?/m0/s1. The summed E-state index contributed by atoms with van der Waals surface area (Å²) >= 11 is 0. The van der Waals surface area contributed by atoms with Crippen LogP contribution in [0, 0.1) is 0 Å². The zero-order valence-electron chi connectivity index (χ0n) is 20.6. The number of carbonyl (C=O) groups excluding carboxylic acids is 3. The van der Waals surface area contributed by atoms with Gasteiger partial charge in [0.1, 0.15) is 6.04 Å². The Morgan fingerprint density at radius 2 is 1.77 bits per heavy atom. The topological polar surface area (TPSA) is 85.8 Å². The maximum atomic E-state index is 13.3. The van der Waals surface area contributed by atoms with Crippen LogP contribution in [0.1, 0.15) is 23.5 Å². The smallest absolute Gasteiger partial charge is 0.320 e. The fraction of sp³-hybridized carbons (Fsp3) is 0.286. The van der Waals surface area contributed by atoms with E-state index in [0.717, 1.165) is 17.7 Å². The molecule has 8 nitrogen and oxygen atoms in total. The molecule has 3 heterocycles. The normalized spacial score (nSPS) is 22.6. The predicted octanol–water partition coefficient (Wildman–Crippen LogP) is 4.80. The number of hydrogen-bond acceptors (Lipinski definition) is 4. The highest BCUT2D eigenvalue weighted by molar-refractivity contribution is 6.06. The number of nitrogens with one attached hydrogen (secondary N) is 1. The van der Waals surface area contributed by atoms with Crippen molar-refractivity contribution in [3.63, 3.8) is 0 Å². The van der Waals surface area contributed by atoms with Gasteiger partial charge in [0, 0.05) is 36.8 Å². The quantitative estimate of drug-likeness (QED) is 0.487. The van der Waals surface area contributed by atoms with Gasteiger partial charge < -0.3 is 15.1 Å². The van der Waals surface area contributed by atoms with Gasteiger partial charge in [0.2, 0.25) is 0 Å². The van der Waals surface area contributed by atoms with Crippen LogP contribution >= 0.6 is 0 Å². The van der Waals surface area contributed by atoms with Gasteiger partial charge in [-0.15, -0.1) is 0 Å². The molecule has 2 saturated heterocycles. The van der Waals surface area contributed by atoms with Gasteiger partial charge in [-0.05, 0) is 36.2 Å². The van der Waals surface area contributed by atoms with Crippen LogP contribution < -0.4 is 5.32 Å². The molecule has 1 aliphatic carbocycles. The van der Waals surface area contributed by atoms with E-state index in [4.69, 9.17) is 0 Å². The summed E-state index contributed by atoms with van der Waals surface area (Å²) in [5.74, 6) is -0.202. The molecular weight excluding hydrogens is 511 g/mol. The van der Waals surface area contributed by atoms with E-state index in [0.29, 0.717) is 6.42 Å². The van der Waals surface area contributed by atoms with Crippen molar-refractivity contribution >= 4 is 23.7 Å². The maximum absolute atomic E-state index is 13.3. The van der Waals surface area contributed by atoms with E-state index in [1.165, 1.54) is 33.0 Å². The molecule has 200 valence electrons. The number of imide groups is 1. The molecule has 0 radical (unpaired) electrons. The minimum Gasteiger partial charge on any atom is -0.320 e. The number of urea groups is 2. The van der Waals surface area contributed by atoms with Crippen LogP contribution in [0.25, 0.3) is 11.3 Å². The lowest BCUT2D eigenvalue weighted by Crippen LogP contribution is -2.55. The summed E-state index contributed by atoms with van der Waals surface area (Å²) in [5, 5.41) is 2.73. The van der Waals surface area contributed by atoms with Crippen molar-refractivity contribution in [1.29, 1.82) is 0 Å². The first-order valence-corrected chi connectivity index (χ1v) is 12.6. The van der Waals surface area contributed by atoms with Gasteiger partial charge in [-0.3, -0.25) is 14.7 Å². The Morgan fingerprint density at radius 3 is 2.54 bits per heavy atom. The summed E-state index contributed by atoms with van der Waals surface area (Å²) < 4.78 is 39.7. The molecule has 1 unspecified atom stereocenters. The van der Waals surface area contributed by atoms with E-state index in [1.54, 1.807) is 12.1 Å². The van der Waals surface area contributed by atoms with Crippen molar-refractivity contribution in [2.24, 2.45) is 0 Å². The Kier molecular flexibility index (Phi) is 6.00. The molecule has 5 amide bonds. The lowest BCUT2D eigenvalue weighted by atomic mass is 10.1. The number of halogens is 3. The summed E-state index contributed by atoms with van der Waals surface area (Å²) in [6, 6.07) is 15.8. The van der Waals surface area contributed by atoms with Crippen LogP contribution in [0.4, 0.5) is 28.4 Å². The number of rotatable bonds is 4. The third-order valence-electron chi connectivity index (χ3n) is 7.47. The van der Waals surface area contributed by atoms with Crippen molar-refractivity contribution in [2.75, 3.05) is 25.0 Å². The number of benzene rings is 2. The Hall–Kier alpha value is -4.41. The molecule has 0 spiro atoms. The lowest BCUT2D eigenvalue weighted by molar-refractivity contribution is -0.137. The fourth-order valence-electron chi connectivity index (χ4n) is 5.40. The van der Waals surface area contributed by atoms with Gasteiger partial charge in [-0.2, -0.15) is 13.2 Å². The summed E-state index contributed by atoms with van der Waals surface area (Å²) in [7, 11) is 0. The van der Waals surface area contributed by atoms with Crippen LogP contribution in [0.2, 0.25) is 0 Å². The first-order valence-electron chi connectivity index (χ1n) is 12.6. The molecule has 1 aromatic heterocycles. The SMILES string of the molecule is O=C(Nc1cccnc1-c1cccc(C(F)(F)F)c1)N1CCN2C(=O)N([C@@H]3C[C@H]3c3ccccc3)C(=O)C2C1. The molecule has 2 aliphatic heterocycles. The van der Waals surface area contributed by atoms with E-state index < -0.39 is 23.8 Å². The minimum absolute atomic E-state index is 0.0226. The van der Waals surface area contributed by atoms with E-state index in [9.17, 15) is 27.6 Å². The molecule has 1 saturated carbocycles. The molecule has 2 aromatic carbocycles. The number of pyridine rings is 1. The highest BCUT2D eigenvalue weighted by Crippen LogP contribution is 2.47. The first-order chi connectivity index (χ1) is 18.7. The number of anilines is 1. The molecule has 3 aromatic rings. The van der Waals surface area contributed by atoms with Gasteiger partial charge >= 0.3 is 18.2 Å². The second-order valence-corrected chi connectivity index (χ2v) is 9.87. The van der Waals surface area contributed by atoms with E-state index in [-0.39, 0.29) is 60.5 Å². The number of piperazine rings is 1. The number of nitrogens with zero attached hydrogens (tertiary/aromatic N) is 4. The molecule has 0 bridgehead atoms. The second kappa shape index (κ2) is 9.40. The van der Waals surface area contributed by atoms with E-state index >= 15 is 0 Å². The molecule has 3 atom stereocenters. The average Bonchev–Trinajstić information content (AvgIpc) is 3.69.